The van der Waals surface area contributed by atoms with Crippen molar-refractivity contribution in [1.29, 1.82) is 0 Å². The van der Waals surface area contributed by atoms with Crippen molar-refractivity contribution in [3.8, 4) is 0 Å². The largest absolute Gasteiger partial charge is 0.356 e. The standard InChI is InChI=1S/C30H48N2O4/c1-19(2)12-25(29(35)31-17-21(5)6)15-27(33)23-10-9-11-24(14-23)28(34)16-26(13-20(3)4)30(36)32-18-22(7)8/h9-11,14,19-22,25-26H,12-13,15-18H2,1-8H3,(H,31,35)(H,32,36)/t25-,26-/m1/s1. The summed E-state index contributed by atoms with van der Waals surface area (Å²) in [7, 11) is 0. The van der Waals surface area contributed by atoms with Crippen molar-refractivity contribution in [2.24, 2.45) is 35.5 Å². The number of Topliss-reactive ketones (excluding diaryl/α,β-unsaturated/α-hetero) is 2. The molecular weight excluding hydrogens is 452 g/mol. The summed E-state index contributed by atoms with van der Waals surface area (Å²) in [5, 5.41) is 5.91. The van der Waals surface area contributed by atoms with Gasteiger partial charge in [0.15, 0.2) is 11.6 Å². The molecule has 6 heteroatoms. The van der Waals surface area contributed by atoms with Crippen molar-refractivity contribution < 1.29 is 19.2 Å². The van der Waals surface area contributed by atoms with Gasteiger partial charge in [-0.2, -0.15) is 0 Å². The molecular formula is C30H48N2O4. The quantitative estimate of drug-likeness (QED) is 0.285. The van der Waals surface area contributed by atoms with E-state index in [9.17, 15) is 19.2 Å². The van der Waals surface area contributed by atoms with Crippen LogP contribution in [0.1, 0.15) is 102 Å². The lowest BCUT2D eigenvalue weighted by molar-refractivity contribution is -0.126. The number of nitrogens with one attached hydrogen (secondary N) is 2. The maximum absolute atomic E-state index is 13.1. The minimum absolute atomic E-state index is 0.0954. The molecule has 0 unspecified atom stereocenters. The predicted molar refractivity (Wildman–Crippen MR) is 146 cm³/mol. The molecule has 0 saturated carbocycles. The van der Waals surface area contributed by atoms with Crippen LogP contribution < -0.4 is 10.6 Å². The zero-order chi connectivity index (χ0) is 27.4. The van der Waals surface area contributed by atoms with Gasteiger partial charge in [0, 0.05) is 48.9 Å². The molecule has 0 heterocycles. The molecule has 0 fully saturated rings. The molecule has 2 N–H and O–H groups in total. The Balaban J connectivity index is 2.98. The van der Waals surface area contributed by atoms with Crippen LogP contribution in [0.2, 0.25) is 0 Å². The third-order valence-electron chi connectivity index (χ3n) is 5.99. The fourth-order valence-corrected chi connectivity index (χ4v) is 4.15. The molecule has 1 aromatic carbocycles. The summed E-state index contributed by atoms with van der Waals surface area (Å²) < 4.78 is 0. The molecule has 0 aromatic heterocycles. The van der Waals surface area contributed by atoms with E-state index in [1.807, 2.05) is 55.4 Å². The Labute approximate surface area is 218 Å². The number of amides is 2. The summed E-state index contributed by atoms with van der Waals surface area (Å²) in [5.74, 6) is -0.0828. The van der Waals surface area contributed by atoms with Gasteiger partial charge in [0.1, 0.15) is 0 Å². The molecule has 0 aliphatic heterocycles. The van der Waals surface area contributed by atoms with Crippen LogP contribution in [0.4, 0.5) is 0 Å². The van der Waals surface area contributed by atoms with Crippen molar-refractivity contribution in [2.75, 3.05) is 13.1 Å². The van der Waals surface area contributed by atoms with Crippen LogP contribution in [-0.2, 0) is 9.59 Å². The Bertz CT molecular complexity index is 806. The molecule has 1 aromatic rings. The monoisotopic (exact) mass is 500 g/mol. The molecule has 2 atom stereocenters. The maximum Gasteiger partial charge on any atom is 0.223 e. The fourth-order valence-electron chi connectivity index (χ4n) is 4.15. The molecule has 0 spiro atoms. The van der Waals surface area contributed by atoms with E-state index in [0.717, 1.165) is 0 Å². The highest BCUT2D eigenvalue weighted by atomic mass is 16.2. The Morgan fingerprint density at radius 1 is 0.611 bits per heavy atom. The van der Waals surface area contributed by atoms with Crippen LogP contribution in [-0.4, -0.2) is 36.5 Å². The average molecular weight is 501 g/mol. The first-order valence-corrected chi connectivity index (χ1v) is 13.5. The number of carbonyl (C=O) groups is 4. The van der Waals surface area contributed by atoms with Gasteiger partial charge in [0.2, 0.25) is 11.8 Å². The van der Waals surface area contributed by atoms with Gasteiger partial charge >= 0.3 is 0 Å². The summed E-state index contributed by atoms with van der Waals surface area (Å²) in [6.07, 6.45) is 1.45. The summed E-state index contributed by atoms with van der Waals surface area (Å²) >= 11 is 0. The maximum atomic E-state index is 13.1. The Morgan fingerprint density at radius 2 is 0.972 bits per heavy atom. The minimum atomic E-state index is -0.407. The highest BCUT2D eigenvalue weighted by Crippen LogP contribution is 2.22. The molecule has 1 rings (SSSR count). The van der Waals surface area contributed by atoms with E-state index < -0.39 is 11.8 Å². The van der Waals surface area contributed by atoms with Crippen molar-refractivity contribution in [3.05, 3.63) is 35.4 Å². The number of hydrogen-bond donors (Lipinski definition) is 2. The van der Waals surface area contributed by atoms with Gasteiger partial charge in [-0.15, -0.1) is 0 Å². The zero-order valence-electron chi connectivity index (χ0n) is 23.6. The first kappa shape index (κ1) is 31.5. The van der Waals surface area contributed by atoms with Gasteiger partial charge in [-0.1, -0.05) is 73.6 Å². The lowest BCUT2D eigenvalue weighted by Crippen LogP contribution is -2.35. The first-order valence-electron chi connectivity index (χ1n) is 13.5. The highest BCUT2D eigenvalue weighted by molar-refractivity contribution is 6.03. The zero-order valence-corrected chi connectivity index (χ0v) is 23.6. The highest BCUT2D eigenvalue weighted by Gasteiger charge is 2.26. The van der Waals surface area contributed by atoms with Gasteiger partial charge in [-0.25, -0.2) is 0 Å². The molecule has 6 nitrogen and oxygen atoms in total. The molecule has 0 bridgehead atoms. The summed E-state index contributed by atoms with van der Waals surface area (Å²) in [4.78, 5) is 51.7. The Morgan fingerprint density at radius 3 is 1.28 bits per heavy atom. The van der Waals surface area contributed by atoms with Crippen LogP contribution in [0.5, 0.6) is 0 Å². The van der Waals surface area contributed by atoms with Crippen LogP contribution in [0.25, 0.3) is 0 Å². The average Bonchev–Trinajstić information content (AvgIpc) is 2.79. The Hall–Kier alpha value is -2.50. The number of carbonyl (C=O) groups excluding carboxylic acids is 4. The van der Waals surface area contributed by atoms with Gasteiger partial charge in [0.05, 0.1) is 0 Å². The van der Waals surface area contributed by atoms with Crippen LogP contribution in [0.3, 0.4) is 0 Å². The van der Waals surface area contributed by atoms with Crippen LogP contribution in [0.15, 0.2) is 24.3 Å². The van der Waals surface area contributed by atoms with E-state index in [4.69, 9.17) is 0 Å². The second-order valence-electron chi connectivity index (χ2n) is 11.8. The molecule has 2 amide bonds. The molecule has 0 saturated heterocycles. The van der Waals surface area contributed by atoms with Gasteiger partial charge in [-0.05, 0) is 42.6 Å². The second kappa shape index (κ2) is 15.6. The van der Waals surface area contributed by atoms with Gasteiger partial charge < -0.3 is 10.6 Å². The van der Waals surface area contributed by atoms with E-state index in [1.54, 1.807) is 24.3 Å². The predicted octanol–water partition coefficient (Wildman–Crippen LogP) is 5.70. The van der Waals surface area contributed by atoms with Crippen molar-refractivity contribution >= 4 is 23.4 Å². The number of rotatable bonds is 16. The fraction of sp³-hybridized carbons (Fsp3) is 0.667. The number of ketones is 2. The van der Waals surface area contributed by atoms with Crippen molar-refractivity contribution in [2.45, 2.75) is 81.1 Å². The van der Waals surface area contributed by atoms with E-state index >= 15 is 0 Å². The first-order chi connectivity index (χ1) is 16.8. The minimum Gasteiger partial charge on any atom is -0.356 e. The number of hydrogen-bond acceptors (Lipinski definition) is 4. The van der Waals surface area contributed by atoms with Crippen molar-refractivity contribution in [3.63, 3.8) is 0 Å². The van der Waals surface area contributed by atoms with E-state index in [2.05, 4.69) is 10.6 Å². The summed E-state index contributed by atoms with van der Waals surface area (Å²) in [5.41, 5.74) is 0.854. The van der Waals surface area contributed by atoms with E-state index in [-0.39, 0.29) is 48.1 Å². The molecule has 0 aliphatic carbocycles. The smallest absolute Gasteiger partial charge is 0.223 e. The van der Waals surface area contributed by atoms with E-state index in [0.29, 0.717) is 48.9 Å². The van der Waals surface area contributed by atoms with Gasteiger partial charge in [0.25, 0.3) is 0 Å². The van der Waals surface area contributed by atoms with E-state index in [1.165, 1.54) is 0 Å². The molecule has 202 valence electrons. The molecule has 0 aliphatic rings. The van der Waals surface area contributed by atoms with Crippen LogP contribution in [0, 0.1) is 35.5 Å². The van der Waals surface area contributed by atoms with Gasteiger partial charge in [-0.3, -0.25) is 19.2 Å². The van der Waals surface area contributed by atoms with Crippen LogP contribution >= 0.6 is 0 Å². The topological polar surface area (TPSA) is 92.3 Å². The number of benzene rings is 1. The Kier molecular flexibility index (Phi) is 13.6. The third-order valence-corrected chi connectivity index (χ3v) is 5.99. The molecule has 36 heavy (non-hydrogen) atoms. The lowest BCUT2D eigenvalue weighted by atomic mass is 9.88. The van der Waals surface area contributed by atoms with Crippen molar-refractivity contribution in [1.82, 2.24) is 10.6 Å². The second-order valence-corrected chi connectivity index (χ2v) is 11.8. The summed E-state index contributed by atoms with van der Waals surface area (Å²) in [6.45, 7) is 17.4. The molecule has 0 radical (unpaired) electrons. The third kappa shape index (κ3) is 12.0. The normalized spacial score (nSPS) is 13.2. The SMILES string of the molecule is CC(C)CNC(=O)[C@@H](CC(=O)c1cccc(C(=O)C[C@@H](CC(C)C)C(=O)NCC(C)C)c1)CC(C)C. The lowest BCUT2D eigenvalue weighted by Gasteiger charge is -2.20. The summed E-state index contributed by atoms with van der Waals surface area (Å²) in [6, 6.07) is 6.70.